The van der Waals surface area contributed by atoms with Gasteiger partial charge in [-0.1, -0.05) is 49.4 Å². The van der Waals surface area contributed by atoms with Crippen LogP contribution in [-0.2, 0) is 11.3 Å². The van der Waals surface area contributed by atoms with Crippen molar-refractivity contribution in [3.8, 4) is 0 Å². The minimum atomic E-state index is -0.351. The normalized spacial score (nSPS) is 23.4. The zero-order valence-electron chi connectivity index (χ0n) is 12.9. The molecule has 0 aliphatic heterocycles. The molecule has 0 radical (unpaired) electrons. The van der Waals surface area contributed by atoms with E-state index in [2.05, 4.69) is 31.7 Å². The van der Waals surface area contributed by atoms with Crippen LogP contribution in [0.5, 0.6) is 0 Å². The maximum Gasteiger partial charge on any atom is 0.0784 e. The van der Waals surface area contributed by atoms with Crippen molar-refractivity contribution in [2.75, 3.05) is 6.61 Å². The number of ether oxygens (including phenoxy) is 1. The summed E-state index contributed by atoms with van der Waals surface area (Å²) in [6.07, 6.45) is 6.24. The molecule has 1 aliphatic carbocycles. The lowest BCUT2D eigenvalue weighted by molar-refractivity contribution is 0.0646. The molecule has 0 heterocycles. The van der Waals surface area contributed by atoms with Crippen molar-refractivity contribution in [2.45, 2.75) is 38.9 Å². The van der Waals surface area contributed by atoms with Gasteiger partial charge < -0.3 is 9.84 Å². The van der Waals surface area contributed by atoms with Crippen LogP contribution in [0, 0.1) is 11.8 Å². The van der Waals surface area contributed by atoms with Gasteiger partial charge in [-0.3, -0.25) is 0 Å². The van der Waals surface area contributed by atoms with Gasteiger partial charge in [0.15, 0.2) is 0 Å². The number of aliphatic hydroxyl groups is 1. The molecule has 1 aromatic carbocycles. The molecule has 0 saturated carbocycles. The van der Waals surface area contributed by atoms with Gasteiger partial charge in [-0.15, -0.1) is 6.58 Å². The largest absolute Gasteiger partial charge is 0.388 e. The van der Waals surface area contributed by atoms with Crippen LogP contribution < -0.4 is 0 Å². The van der Waals surface area contributed by atoms with Gasteiger partial charge in [-0.2, -0.15) is 0 Å². The Labute approximate surface area is 128 Å². The molecule has 0 spiro atoms. The third kappa shape index (κ3) is 4.83. The number of hydrogen-bond acceptors (Lipinski definition) is 2. The molecule has 0 aromatic heterocycles. The van der Waals surface area contributed by atoms with Crippen molar-refractivity contribution in [1.82, 2.24) is 0 Å². The van der Waals surface area contributed by atoms with E-state index in [1.165, 1.54) is 11.1 Å². The van der Waals surface area contributed by atoms with Gasteiger partial charge in [0.2, 0.25) is 0 Å². The summed E-state index contributed by atoms with van der Waals surface area (Å²) in [5, 5.41) is 10.0. The van der Waals surface area contributed by atoms with Crippen LogP contribution in [0.2, 0.25) is 0 Å². The Hall–Kier alpha value is -1.38. The predicted molar refractivity (Wildman–Crippen MR) is 86.9 cm³/mol. The molecular formula is C19H26O2. The fourth-order valence-corrected chi connectivity index (χ4v) is 2.87. The predicted octanol–water partition coefficient (Wildman–Crippen LogP) is 4.11. The van der Waals surface area contributed by atoms with E-state index >= 15 is 0 Å². The Balaban J connectivity index is 1.79. The molecule has 21 heavy (non-hydrogen) atoms. The highest BCUT2D eigenvalue weighted by Gasteiger charge is 2.24. The topological polar surface area (TPSA) is 29.5 Å². The van der Waals surface area contributed by atoms with E-state index in [1.807, 2.05) is 18.2 Å². The highest BCUT2D eigenvalue weighted by atomic mass is 16.5. The molecular weight excluding hydrogens is 260 g/mol. The number of rotatable bonds is 7. The third-order valence-corrected chi connectivity index (χ3v) is 4.31. The SMILES string of the molecule is C=CC[C@H](O)C1=CC[C@H](COCc2ccccc2)[C@@H](C)C1. The van der Waals surface area contributed by atoms with Crippen molar-refractivity contribution in [1.29, 1.82) is 0 Å². The van der Waals surface area contributed by atoms with Gasteiger partial charge in [0.25, 0.3) is 0 Å². The fourth-order valence-electron chi connectivity index (χ4n) is 2.87. The summed E-state index contributed by atoms with van der Waals surface area (Å²) in [7, 11) is 0. The van der Waals surface area contributed by atoms with Crippen LogP contribution in [-0.4, -0.2) is 17.8 Å². The minimum Gasteiger partial charge on any atom is -0.388 e. The zero-order chi connectivity index (χ0) is 15.1. The molecule has 2 nitrogen and oxygen atoms in total. The van der Waals surface area contributed by atoms with Gasteiger partial charge in [0.05, 0.1) is 19.3 Å². The van der Waals surface area contributed by atoms with Gasteiger partial charge >= 0.3 is 0 Å². The van der Waals surface area contributed by atoms with E-state index in [4.69, 9.17) is 4.74 Å². The van der Waals surface area contributed by atoms with Gasteiger partial charge in [-0.05, 0) is 42.2 Å². The lowest BCUT2D eigenvalue weighted by atomic mass is 9.79. The molecule has 2 heteroatoms. The number of aliphatic hydroxyl groups excluding tert-OH is 1. The van der Waals surface area contributed by atoms with Gasteiger partial charge in [0, 0.05) is 0 Å². The maximum atomic E-state index is 10.0. The summed E-state index contributed by atoms with van der Waals surface area (Å²) in [6.45, 7) is 7.42. The molecule has 1 N–H and O–H groups in total. The molecule has 1 aromatic rings. The molecule has 0 amide bonds. The van der Waals surface area contributed by atoms with E-state index in [0.717, 1.165) is 19.4 Å². The standard InChI is InChI=1S/C19H26O2/c1-3-7-19(20)17-10-11-18(15(2)12-17)14-21-13-16-8-5-4-6-9-16/h3-6,8-10,15,18-20H,1,7,11-14H2,2H3/t15-,18+,19-/m0/s1. The summed E-state index contributed by atoms with van der Waals surface area (Å²) < 4.78 is 5.86. The molecule has 0 unspecified atom stereocenters. The Morgan fingerprint density at radius 2 is 2.14 bits per heavy atom. The molecule has 2 rings (SSSR count). The molecule has 0 bridgehead atoms. The first-order valence-electron chi connectivity index (χ1n) is 7.80. The first-order chi connectivity index (χ1) is 10.2. The van der Waals surface area contributed by atoms with Crippen molar-refractivity contribution in [2.24, 2.45) is 11.8 Å². The number of benzene rings is 1. The Bertz CT molecular complexity index is 464. The van der Waals surface area contributed by atoms with Crippen molar-refractivity contribution >= 4 is 0 Å². The molecule has 0 fully saturated rings. The van der Waals surface area contributed by atoms with Crippen molar-refractivity contribution in [3.63, 3.8) is 0 Å². The molecule has 114 valence electrons. The Morgan fingerprint density at radius 3 is 2.81 bits per heavy atom. The number of hydrogen-bond donors (Lipinski definition) is 1. The Kier molecular flexibility index (Phi) is 6.21. The highest BCUT2D eigenvalue weighted by molar-refractivity contribution is 5.15. The summed E-state index contributed by atoms with van der Waals surface area (Å²) in [6, 6.07) is 10.3. The fraction of sp³-hybridized carbons (Fsp3) is 0.474. The van der Waals surface area contributed by atoms with Crippen molar-refractivity contribution < 1.29 is 9.84 Å². The average Bonchev–Trinajstić information content (AvgIpc) is 2.50. The lowest BCUT2D eigenvalue weighted by Gasteiger charge is -2.30. The van der Waals surface area contributed by atoms with Crippen molar-refractivity contribution in [3.05, 3.63) is 60.2 Å². The first kappa shape index (κ1) is 16.0. The monoisotopic (exact) mass is 286 g/mol. The second-order valence-electron chi connectivity index (χ2n) is 6.00. The quantitative estimate of drug-likeness (QED) is 0.764. The summed E-state index contributed by atoms with van der Waals surface area (Å²) in [5.74, 6) is 1.11. The third-order valence-electron chi connectivity index (χ3n) is 4.31. The maximum absolute atomic E-state index is 10.0. The smallest absolute Gasteiger partial charge is 0.0784 e. The second kappa shape index (κ2) is 8.16. The molecule has 3 atom stereocenters. The summed E-state index contributed by atoms with van der Waals surface area (Å²) >= 11 is 0. The second-order valence-corrected chi connectivity index (χ2v) is 6.00. The summed E-state index contributed by atoms with van der Waals surface area (Å²) in [5.41, 5.74) is 2.39. The molecule has 1 aliphatic rings. The van der Waals surface area contributed by atoms with Crippen LogP contribution in [0.3, 0.4) is 0 Å². The van der Waals surface area contributed by atoms with Crippen LogP contribution >= 0.6 is 0 Å². The van der Waals surface area contributed by atoms with Gasteiger partial charge in [0.1, 0.15) is 0 Å². The minimum absolute atomic E-state index is 0.351. The summed E-state index contributed by atoms with van der Waals surface area (Å²) in [4.78, 5) is 0. The molecule has 0 saturated heterocycles. The number of allylic oxidation sites excluding steroid dienone is 1. The van der Waals surface area contributed by atoms with Gasteiger partial charge in [-0.25, -0.2) is 0 Å². The van der Waals surface area contributed by atoms with Crippen LogP contribution in [0.4, 0.5) is 0 Å². The average molecular weight is 286 g/mol. The lowest BCUT2D eigenvalue weighted by Crippen LogP contribution is -2.25. The van der Waals surface area contributed by atoms with E-state index in [9.17, 15) is 5.11 Å². The zero-order valence-corrected chi connectivity index (χ0v) is 12.9. The first-order valence-corrected chi connectivity index (χ1v) is 7.80. The van der Waals surface area contributed by atoms with E-state index in [0.29, 0.717) is 24.9 Å². The van der Waals surface area contributed by atoms with E-state index in [-0.39, 0.29) is 6.10 Å². The van der Waals surface area contributed by atoms with Crippen LogP contribution in [0.1, 0.15) is 31.7 Å². The van der Waals surface area contributed by atoms with Crippen LogP contribution in [0.25, 0.3) is 0 Å². The van der Waals surface area contributed by atoms with E-state index < -0.39 is 0 Å². The highest BCUT2D eigenvalue weighted by Crippen LogP contribution is 2.32. The van der Waals surface area contributed by atoms with Crippen LogP contribution in [0.15, 0.2) is 54.6 Å². The Morgan fingerprint density at radius 1 is 1.38 bits per heavy atom. The van der Waals surface area contributed by atoms with E-state index in [1.54, 1.807) is 6.08 Å².